The van der Waals surface area contributed by atoms with Gasteiger partial charge in [0.05, 0.1) is 11.9 Å². The van der Waals surface area contributed by atoms with Crippen LogP contribution in [0.3, 0.4) is 0 Å². The predicted molar refractivity (Wildman–Crippen MR) is 72.5 cm³/mol. The van der Waals surface area contributed by atoms with Crippen LogP contribution >= 0.6 is 0 Å². The van der Waals surface area contributed by atoms with Crippen LogP contribution in [-0.2, 0) is 0 Å². The molecule has 0 amide bonds. The van der Waals surface area contributed by atoms with E-state index in [1.165, 1.54) is 11.3 Å². The van der Waals surface area contributed by atoms with Crippen LogP contribution in [0.15, 0.2) is 18.5 Å². The van der Waals surface area contributed by atoms with E-state index in [2.05, 4.69) is 49.0 Å². The predicted octanol–water partition coefficient (Wildman–Crippen LogP) is 2.36. The van der Waals surface area contributed by atoms with Gasteiger partial charge in [-0.15, -0.1) is 0 Å². The number of aromatic nitrogens is 1. The summed E-state index contributed by atoms with van der Waals surface area (Å²) >= 11 is 0. The maximum absolute atomic E-state index is 4.31. The van der Waals surface area contributed by atoms with Crippen molar-refractivity contribution in [1.29, 1.82) is 0 Å². The first-order valence-electron chi connectivity index (χ1n) is 6.47. The lowest BCUT2D eigenvalue weighted by atomic mass is 9.93. The molecule has 1 aliphatic heterocycles. The highest BCUT2D eigenvalue weighted by atomic mass is 15.3. The Labute approximate surface area is 104 Å². The molecule has 1 aromatic rings. The number of nitrogens with zero attached hydrogens (tertiary/aromatic N) is 2. The fourth-order valence-electron chi connectivity index (χ4n) is 2.37. The lowest BCUT2D eigenvalue weighted by Gasteiger charge is -2.46. The molecule has 1 aliphatic rings. The molecule has 0 spiro atoms. The van der Waals surface area contributed by atoms with Crippen LogP contribution in [0.1, 0.15) is 32.8 Å². The van der Waals surface area contributed by atoms with Crippen molar-refractivity contribution in [1.82, 2.24) is 10.3 Å². The molecule has 94 valence electrons. The van der Waals surface area contributed by atoms with Gasteiger partial charge in [-0.05, 0) is 38.8 Å². The molecular formula is C14H23N3. The maximum Gasteiger partial charge on any atom is 0.0558 e. The number of aryl methyl sites for hydroxylation is 1. The van der Waals surface area contributed by atoms with Gasteiger partial charge in [0.1, 0.15) is 0 Å². The molecule has 1 aromatic heterocycles. The van der Waals surface area contributed by atoms with Crippen LogP contribution in [0.4, 0.5) is 5.69 Å². The van der Waals surface area contributed by atoms with Gasteiger partial charge < -0.3 is 10.2 Å². The molecule has 0 bridgehead atoms. The molecule has 1 fully saturated rings. The van der Waals surface area contributed by atoms with Crippen LogP contribution in [0.5, 0.6) is 0 Å². The van der Waals surface area contributed by atoms with E-state index >= 15 is 0 Å². The standard InChI is InChI=1S/C14H23N3/c1-5-14(4)10-17(12(3)8-16-14)13-6-11(2)7-15-9-13/h6-7,9,12,16H,5,8,10H2,1-4H3. The van der Waals surface area contributed by atoms with Gasteiger partial charge in [-0.1, -0.05) is 6.92 Å². The number of hydrogen-bond donors (Lipinski definition) is 1. The number of pyridine rings is 1. The van der Waals surface area contributed by atoms with Crippen LogP contribution in [0, 0.1) is 6.92 Å². The third-order valence-electron chi connectivity index (χ3n) is 3.85. The minimum absolute atomic E-state index is 0.219. The number of nitrogens with one attached hydrogen (secondary N) is 1. The molecule has 2 unspecified atom stereocenters. The van der Waals surface area contributed by atoms with Gasteiger partial charge in [0.15, 0.2) is 0 Å². The van der Waals surface area contributed by atoms with Crippen molar-refractivity contribution in [3.63, 3.8) is 0 Å². The summed E-state index contributed by atoms with van der Waals surface area (Å²) in [5.41, 5.74) is 2.70. The van der Waals surface area contributed by atoms with E-state index < -0.39 is 0 Å². The molecule has 0 aromatic carbocycles. The summed E-state index contributed by atoms with van der Waals surface area (Å²) in [5, 5.41) is 3.65. The molecule has 0 radical (unpaired) electrons. The first kappa shape index (κ1) is 12.4. The highest BCUT2D eigenvalue weighted by molar-refractivity contribution is 5.48. The smallest absolute Gasteiger partial charge is 0.0558 e. The fourth-order valence-corrected chi connectivity index (χ4v) is 2.37. The van der Waals surface area contributed by atoms with E-state index in [1.807, 2.05) is 12.4 Å². The second-order valence-electron chi connectivity index (χ2n) is 5.49. The summed E-state index contributed by atoms with van der Waals surface area (Å²) in [6.45, 7) is 11.0. The topological polar surface area (TPSA) is 28.2 Å². The van der Waals surface area contributed by atoms with Gasteiger partial charge in [0.2, 0.25) is 0 Å². The van der Waals surface area contributed by atoms with Crippen molar-refractivity contribution in [2.24, 2.45) is 0 Å². The zero-order valence-electron chi connectivity index (χ0n) is 11.3. The molecule has 2 rings (SSSR count). The van der Waals surface area contributed by atoms with Crippen LogP contribution in [-0.4, -0.2) is 29.7 Å². The number of rotatable bonds is 2. The average molecular weight is 233 g/mol. The Morgan fingerprint density at radius 3 is 2.94 bits per heavy atom. The Morgan fingerprint density at radius 2 is 2.29 bits per heavy atom. The molecule has 2 heterocycles. The lowest BCUT2D eigenvalue weighted by Crippen LogP contribution is -2.62. The Balaban J connectivity index is 2.24. The van der Waals surface area contributed by atoms with E-state index in [4.69, 9.17) is 0 Å². The zero-order chi connectivity index (χ0) is 12.5. The van der Waals surface area contributed by atoms with Gasteiger partial charge in [-0.3, -0.25) is 4.98 Å². The van der Waals surface area contributed by atoms with Gasteiger partial charge >= 0.3 is 0 Å². The summed E-state index contributed by atoms with van der Waals surface area (Å²) in [5.74, 6) is 0. The minimum atomic E-state index is 0.219. The number of piperazine rings is 1. The molecule has 3 nitrogen and oxygen atoms in total. The Kier molecular flexibility index (Phi) is 3.38. The molecule has 2 atom stereocenters. The summed E-state index contributed by atoms with van der Waals surface area (Å²) in [6.07, 6.45) is 5.04. The lowest BCUT2D eigenvalue weighted by molar-refractivity contribution is 0.285. The minimum Gasteiger partial charge on any atom is -0.364 e. The summed E-state index contributed by atoms with van der Waals surface area (Å²) < 4.78 is 0. The van der Waals surface area contributed by atoms with Crippen molar-refractivity contribution in [2.75, 3.05) is 18.0 Å². The van der Waals surface area contributed by atoms with Crippen molar-refractivity contribution in [3.05, 3.63) is 24.0 Å². The van der Waals surface area contributed by atoms with Crippen LogP contribution < -0.4 is 10.2 Å². The first-order valence-corrected chi connectivity index (χ1v) is 6.47. The SMILES string of the molecule is CCC1(C)CN(c2cncc(C)c2)C(C)CN1. The Hall–Kier alpha value is -1.09. The molecule has 3 heteroatoms. The van der Waals surface area contributed by atoms with Gasteiger partial charge in [0, 0.05) is 30.9 Å². The van der Waals surface area contributed by atoms with Crippen molar-refractivity contribution >= 4 is 5.69 Å². The quantitative estimate of drug-likeness (QED) is 0.850. The molecule has 0 saturated carbocycles. The number of hydrogen-bond acceptors (Lipinski definition) is 3. The highest BCUT2D eigenvalue weighted by Gasteiger charge is 2.32. The summed E-state index contributed by atoms with van der Waals surface area (Å²) in [6, 6.07) is 2.75. The maximum atomic E-state index is 4.31. The van der Waals surface area contributed by atoms with E-state index in [9.17, 15) is 0 Å². The molecule has 17 heavy (non-hydrogen) atoms. The van der Waals surface area contributed by atoms with E-state index in [0.29, 0.717) is 6.04 Å². The van der Waals surface area contributed by atoms with Crippen molar-refractivity contribution < 1.29 is 0 Å². The van der Waals surface area contributed by atoms with Gasteiger partial charge in [-0.2, -0.15) is 0 Å². The molecular weight excluding hydrogens is 210 g/mol. The Morgan fingerprint density at radius 1 is 1.53 bits per heavy atom. The van der Waals surface area contributed by atoms with E-state index in [-0.39, 0.29) is 5.54 Å². The first-order chi connectivity index (χ1) is 8.04. The number of anilines is 1. The third kappa shape index (κ3) is 2.60. The molecule has 0 aliphatic carbocycles. The average Bonchev–Trinajstić information content (AvgIpc) is 2.33. The monoisotopic (exact) mass is 233 g/mol. The zero-order valence-corrected chi connectivity index (χ0v) is 11.3. The highest BCUT2D eigenvalue weighted by Crippen LogP contribution is 2.25. The normalized spacial score (nSPS) is 29.4. The largest absolute Gasteiger partial charge is 0.364 e. The Bertz CT molecular complexity index is 391. The third-order valence-corrected chi connectivity index (χ3v) is 3.85. The van der Waals surface area contributed by atoms with Crippen molar-refractivity contribution in [3.8, 4) is 0 Å². The van der Waals surface area contributed by atoms with Crippen molar-refractivity contribution in [2.45, 2.75) is 45.7 Å². The van der Waals surface area contributed by atoms with E-state index in [1.54, 1.807) is 0 Å². The van der Waals surface area contributed by atoms with E-state index in [0.717, 1.165) is 19.5 Å². The fraction of sp³-hybridized carbons (Fsp3) is 0.643. The molecule has 1 N–H and O–H groups in total. The second kappa shape index (κ2) is 4.65. The summed E-state index contributed by atoms with van der Waals surface area (Å²) in [7, 11) is 0. The van der Waals surface area contributed by atoms with Gasteiger partial charge in [-0.25, -0.2) is 0 Å². The van der Waals surface area contributed by atoms with Gasteiger partial charge in [0.25, 0.3) is 0 Å². The summed E-state index contributed by atoms with van der Waals surface area (Å²) in [4.78, 5) is 6.78. The van der Waals surface area contributed by atoms with Crippen LogP contribution in [0.25, 0.3) is 0 Å². The second-order valence-corrected chi connectivity index (χ2v) is 5.49. The molecule has 1 saturated heterocycles. The van der Waals surface area contributed by atoms with Crippen LogP contribution in [0.2, 0.25) is 0 Å².